The molecule has 1 amide bonds. The van der Waals surface area contributed by atoms with Crippen LogP contribution in [0.1, 0.15) is 24.8 Å². The third-order valence-electron chi connectivity index (χ3n) is 4.25. The number of nitrogens with one attached hydrogen (secondary N) is 1. The van der Waals surface area contributed by atoms with Crippen LogP contribution in [0.2, 0.25) is 0 Å². The van der Waals surface area contributed by atoms with Gasteiger partial charge >= 0.3 is 5.97 Å². The van der Waals surface area contributed by atoms with Gasteiger partial charge < -0.3 is 10.0 Å². The highest BCUT2D eigenvalue weighted by atomic mass is 32.2. The SMILES string of the molecule is CNS(=O)(=O)c1ccc(CCC(=O)N2CCC[C@H](C(=O)O)C2)cc1. The first kappa shape index (κ1) is 18.4. The maximum atomic E-state index is 12.2. The molecule has 0 saturated carbocycles. The van der Waals surface area contributed by atoms with Gasteiger partial charge in [0.15, 0.2) is 0 Å². The predicted molar refractivity (Wildman–Crippen MR) is 87.9 cm³/mol. The van der Waals surface area contributed by atoms with Crippen LogP contribution in [0.15, 0.2) is 29.2 Å². The predicted octanol–water partition coefficient (Wildman–Crippen LogP) is 0.850. The lowest BCUT2D eigenvalue weighted by atomic mass is 9.97. The standard InChI is InChI=1S/C16H22N2O5S/c1-17-24(22,23)14-7-4-12(5-8-14)6-9-15(19)18-10-2-3-13(11-18)16(20)21/h4-5,7-8,13,17H,2-3,6,9-11H2,1H3,(H,20,21)/t13-/m0/s1. The van der Waals surface area contributed by atoms with E-state index in [0.717, 1.165) is 5.56 Å². The molecule has 0 radical (unpaired) electrons. The highest BCUT2D eigenvalue weighted by molar-refractivity contribution is 7.89. The summed E-state index contributed by atoms with van der Waals surface area (Å²) in [7, 11) is -2.11. The van der Waals surface area contributed by atoms with Crippen molar-refractivity contribution in [2.24, 2.45) is 5.92 Å². The molecular formula is C16H22N2O5S. The van der Waals surface area contributed by atoms with Crippen LogP contribution in [0.3, 0.4) is 0 Å². The molecule has 1 atom stereocenters. The highest BCUT2D eigenvalue weighted by Crippen LogP contribution is 2.18. The topological polar surface area (TPSA) is 104 Å². The number of aryl methyl sites for hydroxylation is 1. The van der Waals surface area contributed by atoms with E-state index in [0.29, 0.717) is 25.8 Å². The average Bonchev–Trinajstić information content (AvgIpc) is 2.60. The molecule has 1 saturated heterocycles. The van der Waals surface area contributed by atoms with Crippen LogP contribution in [0, 0.1) is 5.92 Å². The van der Waals surface area contributed by atoms with E-state index < -0.39 is 21.9 Å². The van der Waals surface area contributed by atoms with Gasteiger partial charge in [-0.25, -0.2) is 13.1 Å². The Hall–Kier alpha value is -1.93. The number of rotatable bonds is 6. The summed E-state index contributed by atoms with van der Waals surface area (Å²) in [5, 5.41) is 9.07. The molecule has 2 rings (SSSR count). The minimum absolute atomic E-state index is 0.0622. The minimum atomic E-state index is -3.46. The molecule has 7 nitrogen and oxygen atoms in total. The zero-order valence-corrected chi connectivity index (χ0v) is 14.4. The Balaban J connectivity index is 1.91. The first-order chi connectivity index (χ1) is 11.3. The lowest BCUT2D eigenvalue weighted by Crippen LogP contribution is -2.42. The Kier molecular flexibility index (Phi) is 5.95. The van der Waals surface area contributed by atoms with Crippen molar-refractivity contribution in [1.82, 2.24) is 9.62 Å². The molecule has 8 heteroatoms. The molecule has 1 aliphatic rings. The summed E-state index contributed by atoms with van der Waals surface area (Å²) in [5.74, 6) is -1.39. The Morgan fingerprint density at radius 1 is 1.29 bits per heavy atom. The van der Waals surface area contributed by atoms with E-state index in [1.54, 1.807) is 17.0 Å². The van der Waals surface area contributed by atoms with Gasteiger partial charge in [0.2, 0.25) is 15.9 Å². The molecule has 1 aromatic rings. The van der Waals surface area contributed by atoms with Crippen LogP contribution in [0.5, 0.6) is 0 Å². The fraction of sp³-hybridized carbons (Fsp3) is 0.500. The third kappa shape index (κ3) is 4.55. The minimum Gasteiger partial charge on any atom is -0.481 e. The zero-order chi connectivity index (χ0) is 17.7. The summed E-state index contributed by atoms with van der Waals surface area (Å²) in [6.07, 6.45) is 2.09. The number of carboxylic acids is 1. The number of nitrogens with zero attached hydrogens (tertiary/aromatic N) is 1. The summed E-state index contributed by atoms with van der Waals surface area (Å²) in [6.45, 7) is 0.871. The second-order valence-corrected chi connectivity index (χ2v) is 7.76. The number of hydrogen-bond acceptors (Lipinski definition) is 4. The molecule has 0 bridgehead atoms. The van der Waals surface area contributed by atoms with Gasteiger partial charge in [0.05, 0.1) is 10.8 Å². The van der Waals surface area contributed by atoms with E-state index >= 15 is 0 Å². The van der Waals surface area contributed by atoms with Crippen LogP contribution < -0.4 is 4.72 Å². The Bertz CT molecular complexity index is 700. The van der Waals surface area contributed by atoms with Gasteiger partial charge in [0.25, 0.3) is 0 Å². The number of carbonyl (C=O) groups excluding carboxylic acids is 1. The number of piperidine rings is 1. The average molecular weight is 354 g/mol. The molecule has 1 aromatic carbocycles. The fourth-order valence-corrected chi connectivity index (χ4v) is 3.50. The number of carboxylic acid groups (broad SMARTS) is 1. The van der Waals surface area contributed by atoms with E-state index in [9.17, 15) is 18.0 Å². The molecule has 0 aliphatic carbocycles. The molecule has 1 fully saturated rings. The number of aliphatic carboxylic acids is 1. The van der Waals surface area contributed by atoms with Crippen LogP contribution in [-0.2, 0) is 26.0 Å². The first-order valence-electron chi connectivity index (χ1n) is 7.86. The number of hydrogen-bond donors (Lipinski definition) is 2. The number of benzene rings is 1. The number of sulfonamides is 1. The molecule has 0 spiro atoms. The van der Waals surface area contributed by atoms with Crippen molar-refractivity contribution in [2.45, 2.75) is 30.6 Å². The van der Waals surface area contributed by atoms with Crippen molar-refractivity contribution >= 4 is 21.9 Å². The Morgan fingerprint density at radius 3 is 2.54 bits per heavy atom. The van der Waals surface area contributed by atoms with E-state index in [1.165, 1.54) is 19.2 Å². The third-order valence-corrected chi connectivity index (χ3v) is 5.68. The number of likely N-dealkylation sites (tertiary alicyclic amines) is 1. The van der Waals surface area contributed by atoms with Crippen molar-refractivity contribution in [2.75, 3.05) is 20.1 Å². The summed E-state index contributed by atoms with van der Waals surface area (Å²) in [5.41, 5.74) is 0.866. The zero-order valence-electron chi connectivity index (χ0n) is 13.6. The van der Waals surface area contributed by atoms with E-state index in [2.05, 4.69) is 4.72 Å². The summed E-state index contributed by atoms with van der Waals surface area (Å²) in [4.78, 5) is 25.1. The maximum absolute atomic E-state index is 12.2. The van der Waals surface area contributed by atoms with Crippen molar-refractivity contribution in [3.63, 3.8) is 0 Å². The van der Waals surface area contributed by atoms with Crippen LogP contribution in [0.25, 0.3) is 0 Å². The van der Waals surface area contributed by atoms with Gasteiger partial charge in [-0.15, -0.1) is 0 Å². The monoisotopic (exact) mass is 354 g/mol. The van der Waals surface area contributed by atoms with Crippen LogP contribution >= 0.6 is 0 Å². The lowest BCUT2D eigenvalue weighted by Gasteiger charge is -2.30. The Labute approximate surface area is 141 Å². The van der Waals surface area contributed by atoms with Gasteiger partial charge in [-0.1, -0.05) is 12.1 Å². The molecule has 24 heavy (non-hydrogen) atoms. The van der Waals surface area contributed by atoms with E-state index in [4.69, 9.17) is 5.11 Å². The molecule has 132 valence electrons. The quantitative estimate of drug-likeness (QED) is 0.788. The molecular weight excluding hydrogens is 332 g/mol. The van der Waals surface area contributed by atoms with Crippen LogP contribution in [0.4, 0.5) is 0 Å². The fourth-order valence-electron chi connectivity index (χ4n) is 2.77. The van der Waals surface area contributed by atoms with Crippen molar-refractivity contribution in [1.29, 1.82) is 0 Å². The molecule has 0 aromatic heterocycles. The second kappa shape index (κ2) is 7.76. The van der Waals surface area contributed by atoms with Gasteiger partial charge in [0, 0.05) is 19.5 Å². The lowest BCUT2D eigenvalue weighted by molar-refractivity contribution is -0.145. The first-order valence-corrected chi connectivity index (χ1v) is 9.35. The largest absolute Gasteiger partial charge is 0.481 e. The van der Waals surface area contributed by atoms with Crippen molar-refractivity contribution in [3.05, 3.63) is 29.8 Å². The highest BCUT2D eigenvalue weighted by Gasteiger charge is 2.27. The summed E-state index contributed by atoms with van der Waals surface area (Å²) >= 11 is 0. The normalized spacial score (nSPS) is 18.4. The van der Waals surface area contributed by atoms with Crippen molar-refractivity contribution < 1.29 is 23.1 Å². The van der Waals surface area contributed by atoms with E-state index in [-0.39, 0.29) is 23.8 Å². The maximum Gasteiger partial charge on any atom is 0.308 e. The molecule has 0 unspecified atom stereocenters. The van der Waals surface area contributed by atoms with Gasteiger partial charge in [-0.3, -0.25) is 9.59 Å². The van der Waals surface area contributed by atoms with Gasteiger partial charge in [-0.2, -0.15) is 0 Å². The Morgan fingerprint density at radius 2 is 1.96 bits per heavy atom. The number of carbonyl (C=O) groups is 2. The summed E-state index contributed by atoms with van der Waals surface area (Å²) < 4.78 is 25.5. The van der Waals surface area contributed by atoms with Gasteiger partial charge in [-0.05, 0) is 44.0 Å². The molecule has 1 heterocycles. The van der Waals surface area contributed by atoms with Crippen LogP contribution in [-0.4, -0.2) is 50.4 Å². The molecule has 2 N–H and O–H groups in total. The smallest absolute Gasteiger partial charge is 0.308 e. The summed E-state index contributed by atoms with van der Waals surface area (Å²) in [6, 6.07) is 6.39. The molecule has 1 aliphatic heterocycles. The van der Waals surface area contributed by atoms with Crippen molar-refractivity contribution in [3.8, 4) is 0 Å². The van der Waals surface area contributed by atoms with E-state index in [1.807, 2.05) is 0 Å². The second-order valence-electron chi connectivity index (χ2n) is 5.87. The van der Waals surface area contributed by atoms with Gasteiger partial charge in [0.1, 0.15) is 0 Å². The number of amides is 1.